The molecule has 0 saturated heterocycles. The van der Waals surface area contributed by atoms with E-state index in [9.17, 15) is 9.59 Å². The molecule has 2 rings (SSSR count). The van der Waals surface area contributed by atoms with Gasteiger partial charge in [-0.15, -0.1) is 0 Å². The molecule has 28 heavy (non-hydrogen) atoms. The topological polar surface area (TPSA) is 49.4 Å². The lowest BCUT2D eigenvalue weighted by atomic mass is 10.1. The molecule has 0 unspecified atom stereocenters. The lowest BCUT2D eigenvalue weighted by Crippen LogP contribution is -2.52. The predicted octanol–water partition coefficient (Wildman–Crippen LogP) is 4.52. The number of hydrogen-bond acceptors (Lipinski definition) is 2. The fourth-order valence-electron chi connectivity index (χ4n) is 2.83. The standard InChI is InChI=1S/C23H29ClN2O2/c1-16-6-8-19(9-7-16)15-26(17(2)22(28)25-23(3,4)5)21(27)14-18-10-12-20(24)13-11-18/h6-13,17H,14-15H2,1-5H3,(H,25,28)/t17-/m1/s1. The predicted molar refractivity (Wildman–Crippen MR) is 114 cm³/mol. The maximum absolute atomic E-state index is 13.1. The third-order valence-corrected chi connectivity index (χ3v) is 4.66. The number of nitrogens with zero attached hydrogens (tertiary/aromatic N) is 1. The van der Waals surface area contributed by atoms with E-state index in [2.05, 4.69) is 5.32 Å². The molecule has 0 fully saturated rings. The Bertz CT molecular complexity index is 808. The largest absolute Gasteiger partial charge is 0.350 e. The van der Waals surface area contributed by atoms with E-state index in [0.717, 1.165) is 16.7 Å². The number of carbonyl (C=O) groups is 2. The molecule has 5 heteroatoms. The molecule has 0 aliphatic carbocycles. The highest BCUT2D eigenvalue weighted by Gasteiger charge is 2.28. The van der Waals surface area contributed by atoms with Crippen LogP contribution in [0.25, 0.3) is 0 Å². The smallest absolute Gasteiger partial charge is 0.242 e. The quantitative estimate of drug-likeness (QED) is 0.774. The van der Waals surface area contributed by atoms with Gasteiger partial charge in [-0.25, -0.2) is 0 Å². The van der Waals surface area contributed by atoms with Crippen molar-refractivity contribution in [2.75, 3.05) is 0 Å². The molecule has 2 aromatic rings. The summed E-state index contributed by atoms with van der Waals surface area (Å²) in [7, 11) is 0. The van der Waals surface area contributed by atoms with Crippen molar-refractivity contribution in [3.8, 4) is 0 Å². The van der Waals surface area contributed by atoms with E-state index < -0.39 is 6.04 Å². The maximum atomic E-state index is 13.1. The summed E-state index contributed by atoms with van der Waals surface area (Å²) >= 11 is 5.94. The molecule has 150 valence electrons. The molecule has 2 amide bonds. The third kappa shape index (κ3) is 6.68. The van der Waals surface area contributed by atoms with Crippen LogP contribution in [-0.2, 0) is 22.6 Å². The number of halogens is 1. The lowest BCUT2D eigenvalue weighted by Gasteiger charge is -2.31. The van der Waals surface area contributed by atoms with E-state index in [4.69, 9.17) is 11.6 Å². The van der Waals surface area contributed by atoms with Gasteiger partial charge in [0.15, 0.2) is 0 Å². The van der Waals surface area contributed by atoms with Crippen molar-refractivity contribution in [2.45, 2.75) is 59.2 Å². The maximum Gasteiger partial charge on any atom is 0.242 e. The lowest BCUT2D eigenvalue weighted by molar-refractivity contribution is -0.140. The van der Waals surface area contributed by atoms with Gasteiger partial charge in [0.05, 0.1) is 6.42 Å². The highest BCUT2D eigenvalue weighted by molar-refractivity contribution is 6.30. The molecule has 1 atom stereocenters. The Labute approximate surface area is 172 Å². The Kier molecular flexibility index (Phi) is 7.25. The number of nitrogens with one attached hydrogen (secondary N) is 1. The number of hydrogen-bond donors (Lipinski definition) is 1. The number of amides is 2. The van der Waals surface area contributed by atoms with Gasteiger partial charge < -0.3 is 10.2 Å². The minimum atomic E-state index is -0.583. The van der Waals surface area contributed by atoms with Gasteiger partial charge in [0, 0.05) is 17.1 Å². The van der Waals surface area contributed by atoms with Crippen LogP contribution in [0, 0.1) is 6.92 Å². The van der Waals surface area contributed by atoms with Crippen molar-refractivity contribution in [2.24, 2.45) is 0 Å². The number of aryl methyl sites for hydroxylation is 1. The molecule has 0 bridgehead atoms. The number of carbonyl (C=O) groups excluding carboxylic acids is 2. The molecule has 0 heterocycles. The van der Waals surface area contributed by atoms with Crippen LogP contribution >= 0.6 is 11.6 Å². The summed E-state index contributed by atoms with van der Waals surface area (Å²) in [6.07, 6.45) is 0.218. The molecule has 0 aromatic heterocycles. The molecular formula is C23H29ClN2O2. The van der Waals surface area contributed by atoms with Crippen LogP contribution < -0.4 is 5.32 Å². The molecule has 0 radical (unpaired) electrons. The van der Waals surface area contributed by atoms with E-state index in [0.29, 0.717) is 11.6 Å². The van der Waals surface area contributed by atoms with E-state index in [-0.39, 0.29) is 23.8 Å². The zero-order valence-electron chi connectivity index (χ0n) is 17.3. The van der Waals surface area contributed by atoms with Crippen LogP contribution in [0.15, 0.2) is 48.5 Å². The second-order valence-electron chi connectivity index (χ2n) is 8.23. The van der Waals surface area contributed by atoms with E-state index in [1.54, 1.807) is 24.0 Å². The van der Waals surface area contributed by atoms with Gasteiger partial charge in [0.1, 0.15) is 6.04 Å². The Morgan fingerprint density at radius 2 is 1.54 bits per heavy atom. The van der Waals surface area contributed by atoms with Gasteiger partial charge >= 0.3 is 0 Å². The summed E-state index contributed by atoms with van der Waals surface area (Å²) in [6.45, 7) is 9.96. The first kappa shape index (κ1) is 22.0. The monoisotopic (exact) mass is 400 g/mol. The normalized spacial score (nSPS) is 12.4. The van der Waals surface area contributed by atoms with Crippen molar-refractivity contribution >= 4 is 23.4 Å². The van der Waals surface area contributed by atoms with Gasteiger partial charge in [-0.2, -0.15) is 0 Å². The molecule has 0 aliphatic heterocycles. The van der Waals surface area contributed by atoms with Crippen molar-refractivity contribution in [1.29, 1.82) is 0 Å². The van der Waals surface area contributed by atoms with Crippen molar-refractivity contribution < 1.29 is 9.59 Å². The van der Waals surface area contributed by atoms with Crippen LogP contribution in [0.5, 0.6) is 0 Å². The van der Waals surface area contributed by atoms with Crippen LogP contribution in [0.2, 0.25) is 5.02 Å². The molecule has 4 nitrogen and oxygen atoms in total. The zero-order chi connectivity index (χ0) is 20.9. The molecule has 0 spiro atoms. The first-order valence-electron chi connectivity index (χ1n) is 9.46. The van der Waals surface area contributed by atoms with Gasteiger partial charge in [-0.3, -0.25) is 9.59 Å². The van der Waals surface area contributed by atoms with Gasteiger partial charge in [0.2, 0.25) is 11.8 Å². The Hall–Kier alpha value is -2.33. The third-order valence-electron chi connectivity index (χ3n) is 4.41. The summed E-state index contributed by atoms with van der Waals surface area (Å²) in [5, 5.41) is 3.60. The average Bonchev–Trinajstić information content (AvgIpc) is 2.61. The highest BCUT2D eigenvalue weighted by atomic mass is 35.5. The molecule has 0 aliphatic rings. The minimum absolute atomic E-state index is 0.0977. The molecular weight excluding hydrogens is 372 g/mol. The SMILES string of the molecule is Cc1ccc(CN(C(=O)Cc2ccc(Cl)cc2)[C@H](C)C(=O)NC(C)(C)C)cc1. The summed E-state index contributed by atoms with van der Waals surface area (Å²) in [5.41, 5.74) is 2.65. The second kappa shape index (κ2) is 9.24. The van der Waals surface area contributed by atoms with Crippen LogP contribution in [-0.4, -0.2) is 28.3 Å². The van der Waals surface area contributed by atoms with Crippen molar-refractivity contribution in [3.05, 3.63) is 70.2 Å². The molecule has 1 N–H and O–H groups in total. The zero-order valence-corrected chi connectivity index (χ0v) is 18.0. The first-order chi connectivity index (χ1) is 13.0. The van der Waals surface area contributed by atoms with Crippen LogP contribution in [0.4, 0.5) is 0 Å². The summed E-state index contributed by atoms with van der Waals surface area (Å²) in [4.78, 5) is 27.5. The van der Waals surface area contributed by atoms with Gasteiger partial charge in [0.25, 0.3) is 0 Å². The first-order valence-corrected chi connectivity index (χ1v) is 9.84. The fraction of sp³-hybridized carbons (Fsp3) is 0.391. The van der Waals surface area contributed by atoms with Gasteiger partial charge in [-0.1, -0.05) is 53.6 Å². The summed E-state index contributed by atoms with van der Waals surface area (Å²) in [5.74, 6) is -0.261. The van der Waals surface area contributed by atoms with E-state index >= 15 is 0 Å². The average molecular weight is 401 g/mol. The van der Waals surface area contributed by atoms with Crippen molar-refractivity contribution in [1.82, 2.24) is 10.2 Å². The van der Waals surface area contributed by atoms with Crippen molar-refractivity contribution in [3.63, 3.8) is 0 Å². The second-order valence-corrected chi connectivity index (χ2v) is 8.66. The number of rotatable bonds is 6. The molecule has 2 aromatic carbocycles. The van der Waals surface area contributed by atoms with Crippen LogP contribution in [0.3, 0.4) is 0 Å². The van der Waals surface area contributed by atoms with Gasteiger partial charge in [-0.05, 0) is 57.9 Å². The fourth-order valence-corrected chi connectivity index (χ4v) is 2.95. The Morgan fingerprint density at radius 3 is 2.07 bits per heavy atom. The molecule has 0 saturated carbocycles. The van der Waals surface area contributed by atoms with E-state index in [1.165, 1.54) is 0 Å². The highest BCUT2D eigenvalue weighted by Crippen LogP contribution is 2.15. The Balaban J connectivity index is 2.23. The van der Waals surface area contributed by atoms with Crippen LogP contribution in [0.1, 0.15) is 44.4 Å². The Morgan fingerprint density at radius 1 is 1.00 bits per heavy atom. The number of benzene rings is 2. The summed E-state index contributed by atoms with van der Waals surface area (Å²) in [6, 6.07) is 14.6. The summed E-state index contributed by atoms with van der Waals surface area (Å²) < 4.78 is 0. The minimum Gasteiger partial charge on any atom is -0.350 e. The van der Waals surface area contributed by atoms with E-state index in [1.807, 2.05) is 64.1 Å².